The van der Waals surface area contributed by atoms with Gasteiger partial charge in [0.1, 0.15) is 23.3 Å². The first kappa shape index (κ1) is 15.2. The highest BCUT2D eigenvalue weighted by Gasteiger charge is 2.16. The lowest BCUT2D eigenvalue weighted by Gasteiger charge is -2.10. The highest BCUT2D eigenvalue weighted by atomic mass is 32.2. The summed E-state index contributed by atoms with van der Waals surface area (Å²) in [6.45, 7) is -0.254. The number of pyridine rings is 2. The molecule has 0 aliphatic rings. The van der Waals surface area contributed by atoms with Crippen molar-refractivity contribution in [3.8, 4) is 11.1 Å². The molecule has 0 fully saturated rings. The van der Waals surface area contributed by atoms with Crippen LogP contribution in [0.1, 0.15) is 0 Å². The zero-order valence-corrected chi connectivity index (χ0v) is 12.1. The lowest BCUT2D eigenvalue weighted by Crippen LogP contribution is -2.15. The average Bonchev–Trinajstić information content (AvgIpc) is 2.46. The van der Waals surface area contributed by atoms with Gasteiger partial charge in [0.2, 0.25) is 10.0 Å². The van der Waals surface area contributed by atoms with Crippen LogP contribution in [-0.4, -0.2) is 37.3 Å². The summed E-state index contributed by atoms with van der Waals surface area (Å²) in [4.78, 5) is 7.98. The molecule has 0 bridgehead atoms. The summed E-state index contributed by atoms with van der Waals surface area (Å²) in [5.74, 6) is 0.647. The first-order valence-corrected chi connectivity index (χ1v) is 7.52. The Hall–Kier alpha value is -2.23. The first-order valence-electron chi connectivity index (χ1n) is 5.97. The van der Waals surface area contributed by atoms with E-state index in [4.69, 9.17) is 10.2 Å². The number of nitrogens with one attached hydrogen (secondary N) is 2. The van der Waals surface area contributed by atoms with Crippen LogP contribution in [0.25, 0.3) is 11.1 Å². The van der Waals surface area contributed by atoms with Crippen molar-refractivity contribution in [3.05, 3.63) is 30.6 Å². The van der Waals surface area contributed by atoms with Crippen molar-refractivity contribution in [2.24, 2.45) is 5.14 Å². The molecule has 9 heteroatoms. The van der Waals surface area contributed by atoms with E-state index in [1.807, 2.05) is 0 Å². The fourth-order valence-electron chi connectivity index (χ4n) is 1.79. The van der Waals surface area contributed by atoms with Gasteiger partial charge in [-0.15, -0.1) is 0 Å². The van der Waals surface area contributed by atoms with Crippen molar-refractivity contribution in [2.75, 3.05) is 24.4 Å². The molecule has 2 heterocycles. The van der Waals surface area contributed by atoms with E-state index in [-0.39, 0.29) is 17.4 Å². The van der Waals surface area contributed by atoms with Gasteiger partial charge in [-0.2, -0.15) is 0 Å². The number of aliphatic hydroxyl groups excluding tert-OH is 1. The molecule has 0 atom stereocenters. The molecule has 0 aliphatic heterocycles. The van der Waals surface area contributed by atoms with Crippen molar-refractivity contribution in [2.45, 2.75) is 4.90 Å². The van der Waals surface area contributed by atoms with E-state index in [9.17, 15) is 8.42 Å². The number of rotatable bonds is 5. The normalized spacial score (nSPS) is 11.2. The second-order valence-corrected chi connectivity index (χ2v) is 5.66. The topological polar surface area (TPSA) is 130 Å². The van der Waals surface area contributed by atoms with Crippen molar-refractivity contribution in [1.29, 1.82) is 0 Å². The van der Waals surface area contributed by atoms with Crippen LogP contribution in [0, 0.1) is 0 Å². The maximum absolute atomic E-state index is 11.6. The minimum Gasteiger partial charge on any atom is -0.377 e. The third kappa shape index (κ3) is 3.45. The van der Waals surface area contributed by atoms with Gasteiger partial charge in [-0.3, -0.25) is 0 Å². The number of aliphatic hydroxyl groups is 1. The zero-order chi connectivity index (χ0) is 15.5. The van der Waals surface area contributed by atoms with Gasteiger partial charge in [0.05, 0.1) is 0 Å². The number of anilines is 2. The average molecular weight is 309 g/mol. The molecule has 5 N–H and O–H groups in total. The molecule has 0 saturated carbocycles. The van der Waals surface area contributed by atoms with Gasteiger partial charge in [-0.1, -0.05) is 0 Å². The van der Waals surface area contributed by atoms with E-state index in [1.54, 1.807) is 19.2 Å². The third-order valence-corrected chi connectivity index (χ3v) is 3.67. The van der Waals surface area contributed by atoms with Gasteiger partial charge < -0.3 is 15.7 Å². The van der Waals surface area contributed by atoms with Crippen LogP contribution in [0.5, 0.6) is 0 Å². The van der Waals surface area contributed by atoms with Crippen LogP contribution in [-0.2, 0) is 10.0 Å². The number of aromatic nitrogens is 2. The lowest BCUT2D eigenvalue weighted by molar-refractivity contribution is 0.325. The molecular weight excluding hydrogens is 294 g/mol. The molecule has 0 amide bonds. The Balaban J connectivity index is 2.53. The van der Waals surface area contributed by atoms with Gasteiger partial charge in [0.25, 0.3) is 0 Å². The van der Waals surface area contributed by atoms with Crippen LogP contribution < -0.4 is 15.8 Å². The largest absolute Gasteiger partial charge is 0.377 e. The van der Waals surface area contributed by atoms with E-state index in [0.29, 0.717) is 16.9 Å². The van der Waals surface area contributed by atoms with Crippen molar-refractivity contribution >= 4 is 21.7 Å². The van der Waals surface area contributed by atoms with E-state index in [1.165, 1.54) is 18.5 Å². The Morgan fingerprint density at radius 1 is 1.29 bits per heavy atom. The molecule has 0 unspecified atom stereocenters. The van der Waals surface area contributed by atoms with Gasteiger partial charge in [-0.05, 0) is 23.8 Å². The fourth-order valence-corrected chi connectivity index (χ4v) is 2.51. The number of nitrogens with two attached hydrogens (primary N) is 1. The number of sulfonamides is 1. The van der Waals surface area contributed by atoms with Crippen LogP contribution in [0.3, 0.4) is 0 Å². The molecule has 0 aromatic carbocycles. The molecule has 2 aromatic rings. The number of hydrogen-bond donors (Lipinski definition) is 4. The molecule has 0 aliphatic carbocycles. The first-order chi connectivity index (χ1) is 9.95. The number of nitrogens with zero attached hydrogens (tertiary/aromatic N) is 2. The molecule has 21 heavy (non-hydrogen) atoms. The predicted molar refractivity (Wildman–Crippen MR) is 79.1 cm³/mol. The molecule has 0 saturated heterocycles. The Kier molecular flexibility index (Phi) is 4.36. The molecule has 0 spiro atoms. The van der Waals surface area contributed by atoms with Gasteiger partial charge in [0.15, 0.2) is 0 Å². The standard InChI is InChI=1S/C12H15N5O3S/c1-14-12-10(21(13,19)20)4-9(6-16-12)8-2-3-15-11(5-8)17-7-18/h2-6,18H,7H2,1H3,(H,14,16)(H,15,17)(H2,13,19,20). The second-order valence-electron chi connectivity index (χ2n) is 4.13. The Morgan fingerprint density at radius 3 is 2.67 bits per heavy atom. The highest BCUT2D eigenvalue weighted by molar-refractivity contribution is 7.89. The minimum absolute atomic E-state index is 0.0871. The highest BCUT2D eigenvalue weighted by Crippen LogP contribution is 2.26. The third-order valence-electron chi connectivity index (χ3n) is 2.75. The summed E-state index contributed by atoms with van der Waals surface area (Å²) < 4.78 is 23.2. The quantitative estimate of drug-likeness (QED) is 0.580. The molecule has 0 radical (unpaired) electrons. The smallest absolute Gasteiger partial charge is 0.241 e. The SMILES string of the molecule is CNc1ncc(-c2ccnc(NCO)c2)cc1S(N)(=O)=O. The maximum Gasteiger partial charge on any atom is 0.241 e. The number of hydrogen-bond acceptors (Lipinski definition) is 7. The van der Waals surface area contributed by atoms with Crippen molar-refractivity contribution in [1.82, 2.24) is 9.97 Å². The molecule has 8 nitrogen and oxygen atoms in total. The predicted octanol–water partition coefficient (Wildman–Crippen LogP) is 0.194. The van der Waals surface area contributed by atoms with Crippen molar-refractivity contribution in [3.63, 3.8) is 0 Å². The fraction of sp³-hybridized carbons (Fsp3) is 0.167. The lowest BCUT2D eigenvalue weighted by atomic mass is 10.1. The van der Waals surface area contributed by atoms with Crippen LogP contribution in [0.2, 0.25) is 0 Å². The molecular formula is C12H15N5O3S. The Morgan fingerprint density at radius 2 is 2.05 bits per heavy atom. The second kappa shape index (κ2) is 6.04. The molecule has 112 valence electrons. The van der Waals surface area contributed by atoms with E-state index in [2.05, 4.69) is 20.6 Å². The van der Waals surface area contributed by atoms with Crippen LogP contribution >= 0.6 is 0 Å². The van der Waals surface area contributed by atoms with E-state index >= 15 is 0 Å². The maximum atomic E-state index is 11.6. The summed E-state index contributed by atoms with van der Waals surface area (Å²) in [6.07, 6.45) is 3.06. The van der Waals surface area contributed by atoms with Gasteiger partial charge in [0, 0.05) is 25.0 Å². The molecule has 2 aromatic heterocycles. The van der Waals surface area contributed by atoms with Gasteiger partial charge >= 0.3 is 0 Å². The Bertz CT molecular complexity index is 748. The summed E-state index contributed by atoms with van der Waals surface area (Å²) in [5.41, 5.74) is 1.27. The van der Waals surface area contributed by atoms with Crippen LogP contribution in [0.4, 0.5) is 11.6 Å². The summed E-state index contributed by atoms with van der Waals surface area (Å²) in [5, 5.41) is 19.4. The monoisotopic (exact) mass is 309 g/mol. The van der Waals surface area contributed by atoms with Gasteiger partial charge in [-0.25, -0.2) is 23.5 Å². The van der Waals surface area contributed by atoms with Crippen LogP contribution in [0.15, 0.2) is 35.5 Å². The van der Waals surface area contributed by atoms with E-state index in [0.717, 1.165) is 0 Å². The number of primary sulfonamides is 1. The summed E-state index contributed by atoms with van der Waals surface area (Å²) in [6, 6.07) is 4.80. The summed E-state index contributed by atoms with van der Waals surface area (Å²) >= 11 is 0. The minimum atomic E-state index is -3.89. The summed E-state index contributed by atoms with van der Waals surface area (Å²) in [7, 11) is -2.33. The van der Waals surface area contributed by atoms with E-state index < -0.39 is 10.0 Å². The van der Waals surface area contributed by atoms with Crippen molar-refractivity contribution < 1.29 is 13.5 Å². The molecule has 2 rings (SSSR count). The zero-order valence-electron chi connectivity index (χ0n) is 11.2. The Labute approximate surface area is 122 Å².